The highest BCUT2D eigenvalue weighted by molar-refractivity contribution is 5.90. The number of nitrogens with zero attached hydrogens (tertiary/aromatic N) is 1. The molecule has 1 fully saturated rings. The second-order valence-electron chi connectivity index (χ2n) is 6.82. The minimum atomic E-state index is -0.395. The summed E-state index contributed by atoms with van der Waals surface area (Å²) in [6, 6.07) is 10.3. The van der Waals surface area contributed by atoms with E-state index in [-0.39, 0.29) is 11.6 Å². The van der Waals surface area contributed by atoms with E-state index in [1.807, 2.05) is 19.1 Å². The molecule has 1 amide bonds. The van der Waals surface area contributed by atoms with Crippen LogP contribution in [0.5, 0.6) is 0 Å². The normalized spacial score (nSPS) is 18.2. The van der Waals surface area contributed by atoms with E-state index in [2.05, 4.69) is 10.2 Å². The first kappa shape index (κ1) is 17.7. The van der Waals surface area contributed by atoms with Gasteiger partial charge in [0.1, 0.15) is 17.3 Å². The van der Waals surface area contributed by atoms with E-state index < -0.39 is 5.82 Å². The van der Waals surface area contributed by atoms with Crippen molar-refractivity contribution in [3.8, 4) is 0 Å². The number of para-hydroxylation sites is 1. The first-order chi connectivity index (χ1) is 12.1. The average molecular weight is 344 g/mol. The molecule has 0 spiro atoms. The fourth-order valence-corrected chi connectivity index (χ4v) is 3.43. The molecule has 1 aromatic heterocycles. The van der Waals surface area contributed by atoms with Crippen LogP contribution >= 0.6 is 0 Å². The topological polar surface area (TPSA) is 45.5 Å². The molecule has 25 heavy (non-hydrogen) atoms. The summed E-state index contributed by atoms with van der Waals surface area (Å²) in [5.41, 5.74) is 0.256. The van der Waals surface area contributed by atoms with Gasteiger partial charge in [0.2, 0.25) is 5.91 Å². The van der Waals surface area contributed by atoms with E-state index in [1.54, 1.807) is 18.2 Å². The van der Waals surface area contributed by atoms with Crippen LogP contribution in [0.3, 0.4) is 0 Å². The molecule has 0 aliphatic carbocycles. The van der Waals surface area contributed by atoms with E-state index in [1.165, 1.54) is 6.07 Å². The predicted molar refractivity (Wildman–Crippen MR) is 95.7 cm³/mol. The number of furan rings is 1. The maximum atomic E-state index is 13.6. The molecule has 0 saturated carbocycles. The Morgan fingerprint density at radius 3 is 2.92 bits per heavy atom. The molecule has 1 aromatic carbocycles. The fourth-order valence-electron chi connectivity index (χ4n) is 3.43. The maximum Gasteiger partial charge on any atom is 0.224 e. The Labute approximate surface area is 148 Å². The van der Waals surface area contributed by atoms with Gasteiger partial charge in [-0.2, -0.15) is 0 Å². The fraction of sp³-hybridized carbons (Fsp3) is 0.450. The van der Waals surface area contributed by atoms with Crippen LogP contribution in [0, 0.1) is 18.7 Å². The van der Waals surface area contributed by atoms with Gasteiger partial charge in [0.25, 0.3) is 0 Å². The van der Waals surface area contributed by atoms with Crippen molar-refractivity contribution >= 4 is 11.6 Å². The number of piperidine rings is 1. The molecule has 1 saturated heterocycles. The Balaban J connectivity index is 1.44. The highest BCUT2D eigenvalue weighted by Crippen LogP contribution is 2.23. The van der Waals surface area contributed by atoms with Gasteiger partial charge in [0, 0.05) is 13.0 Å². The van der Waals surface area contributed by atoms with Crippen LogP contribution in [0.2, 0.25) is 0 Å². The molecule has 3 rings (SSSR count). The molecule has 1 N–H and O–H groups in total. The Bertz CT molecular complexity index is 713. The predicted octanol–water partition coefficient (Wildman–Crippen LogP) is 4.36. The molecule has 2 aromatic rings. The van der Waals surface area contributed by atoms with E-state index in [9.17, 15) is 9.18 Å². The number of carbonyl (C=O) groups is 1. The van der Waals surface area contributed by atoms with E-state index >= 15 is 0 Å². The highest BCUT2D eigenvalue weighted by Gasteiger charge is 2.21. The second-order valence-corrected chi connectivity index (χ2v) is 6.82. The number of hydrogen-bond acceptors (Lipinski definition) is 3. The minimum absolute atomic E-state index is 0.121. The van der Waals surface area contributed by atoms with Gasteiger partial charge in [-0.1, -0.05) is 12.1 Å². The first-order valence-electron chi connectivity index (χ1n) is 8.92. The van der Waals surface area contributed by atoms with Crippen LogP contribution in [0.15, 0.2) is 40.8 Å². The molecule has 5 heteroatoms. The number of halogens is 1. The summed E-state index contributed by atoms with van der Waals surface area (Å²) in [5.74, 6) is 1.91. The lowest BCUT2D eigenvalue weighted by Gasteiger charge is -2.32. The number of anilines is 1. The third kappa shape index (κ3) is 5.16. The minimum Gasteiger partial charge on any atom is -0.465 e. The molecule has 1 aliphatic heterocycles. The number of hydrogen-bond donors (Lipinski definition) is 1. The van der Waals surface area contributed by atoms with E-state index in [4.69, 9.17) is 4.42 Å². The molecule has 0 bridgehead atoms. The van der Waals surface area contributed by atoms with Crippen molar-refractivity contribution in [1.82, 2.24) is 4.90 Å². The molecular weight excluding hydrogens is 319 g/mol. The van der Waals surface area contributed by atoms with Crippen molar-refractivity contribution < 1.29 is 13.6 Å². The van der Waals surface area contributed by atoms with Gasteiger partial charge >= 0.3 is 0 Å². The van der Waals surface area contributed by atoms with Crippen LogP contribution in [0.1, 0.15) is 37.2 Å². The molecule has 0 unspecified atom stereocenters. The summed E-state index contributed by atoms with van der Waals surface area (Å²) >= 11 is 0. The van der Waals surface area contributed by atoms with Crippen LogP contribution in [-0.4, -0.2) is 23.9 Å². The molecule has 134 valence electrons. The summed E-state index contributed by atoms with van der Waals surface area (Å²) in [6.07, 6.45) is 3.53. The number of carbonyl (C=O) groups excluding carboxylic acids is 1. The number of likely N-dealkylation sites (tertiary alicyclic amines) is 1. The van der Waals surface area contributed by atoms with E-state index in [0.717, 1.165) is 50.4 Å². The Hall–Kier alpha value is -2.14. The van der Waals surface area contributed by atoms with Crippen LogP contribution in [0.25, 0.3) is 0 Å². The summed E-state index contributed by atoms with van der Waals surface area (Å²) in [4.78, 5) is 14.5. The average Bonchev–Trinajstić information content (AvgIpc) is 3.00. The van der Waals surface area contributed by atoms with Gasteiger partial charge in [-0.25, -0.2) is 4.39 Å². The van der Waals surface area contributed by atoms with Crippen LogP contribution in [-0.2, 0) is 11.3 Å². The quantitative estimate of drug-likeness (QED) is 0.847. The molecule has 4 nitrogen and oxygen atoms in total. The lowest BCUT2D eigenvalue weighted by Crippen LogP contribution is -2.35. The zero-order valence-corrected chi connectivity index (χ0v) is 14.6. The third-order valence-electron chi connectivity index (χ3n) is 4.71. The summed E-state index contributed by atoms with van der Waals surface area (Å²) in [5, 5.41) is 2.66. The molecule has 2 heterocycles. The number of benzene rings is 1. The van der Waals surface area contributed by atoms with Gasteiger partial charge in [0.15, 0.2) is 0 Å². The largest absolute Gasteiger partial charge is 0.465 e. The lowest BCUT2D eigenvalue weighted by molar-refractivity contribution is -0.116. The molecule has 1 aliphatic rings. The summed E-state index contributed by atoms with van der Waals surface area (Å²) < 4.78 is 19.2. The summed E-state index contributed by atoms with van der Waals surface area (Å²) in [7, 11) is 0. The van der Waals surface area contributed by atoms with E-state index in [0.29, 0.717) is 12.3 Å². The monoisotopic (exact) mass is 344 g/mol. The van der Waals surface area contributed by atoms with Crippen molar-refractivity contribution in [2.45, 2.75) is 39.2 Å². The van der Waals surface area contributed by atoms with Gasteiger partial charge in [-0.3, -0.25) is 9.69 Å². The van der Waals surface area contributed by atoms with Gasteiger partial charge in [-0.15, -0.1) is 0 Å². The second kappa shape index (κ2) is 8.30. The Morgan fingerprint density at radius 2 is 2.16 bits per heavy atom. The zero-order valence-electron chi connectivity index (χ0n) is 14.6. The van der Waals surface area contributed by atoms with Crippen molar-refractivity contribution in [2.75, 3.05) is 18.4 Å². The SMILES string of the molecule is Cc1ccc(CN2CCC[C@H](CCC(=O)Nc3ccccc3F)C2)o1. The third-order valence-corrected chi connectivity index (χ3v) is 4.71. The van der Waals surface area contributed by atoms with Crippen LogP contribution in [0.4, 0.5) is 10.1 Å². The number of rotatable bonds is 6. The van der Waals surface area contributed by atoms with Gasteiger partial charge < -0.3 is 9.73 Å². The Kier molecular flexibility index (Phi) is 5.87. The molecule has 0 radical (unpaired) electrons. The summed E-state index contributed by atoms with van der Waals surface area (Å²) in [6.45, 7) is 4.83. The van der Waals surface area contributed by atoms with Crippen molar-refractivity contribution in [1.29, 1.82) is 0 Å². The van der Waals surface area contributed by atoms with Crippen LogP contribution < -0.4 is 5.32 Å². The van der Waals surface area contributed by atoms with Crippen molar-refractivity contribution in [3.63, 3.8) is 0 Å². The molecule has 1 atom stereocenters. The zero-order chi connectivity index (χ0) is 17.6. The first-order valence-corrected chi connectivity index (χ1v) is 8.92. The van der Waals surface area contributed by atoms with Crippen molar-refractivity contribution in [3.05, 3.63) is 53.7 Å². The lowest BCUT2D eigenvalue weighted by atomic mass is 9.93. The number of aryl methyl sites for hydroxylation is 1. The molecular formula is C20H25FN2O2. The number of amides is 1. The maximum absolute atomic E-state index is 13.6. The Morgan fingerprint density at radius 1 is 1.32 bits per heavy atom. The van der Waals surface area contributed by atoms with Gasteiger partial charge in [0.05, 0.1) is 12.2 Å². The van der Waals surface area contributed by atoms with Crippen molar-refractivity contribution in [2.24, 2.45) is 5.92 Å². The van der Waals surface area contributed by atoms with Gasteiger partial charge in [-0.05, 0) is 62.9 Å². The number of nitrogens with one attached hydrogen (secondary N) is 1. The standard InChI is InChI=1S/C20H25FN2O2/c1-15-8-10-17(25-15)14-23-12-4-5-16(13-23)9-11-20(24)22-19-7-3-2-6-18(19)21/h2-3,6-8,10,16H,4-5,9,11-14H2,1H3,(H,22,24)/t16-/m1/s1. The smallest absolute Gasteiger partial charge is 0.224 e. The highest BCUT2D eigenvalue weighted by atomic mass is 19.1.